The molecular formula is C12H12. The molecule has 0 radical (unpaired) electrons. The molecule has 0 aromatic rings. The Labute approximate surface area is 73.0 Å². The van der Waals surface area contributed by atoms with Crippen molar-refractivity contribution >= 4 is 0 Å². The van der Waals surface area contributed by atoms with E-state index in [9.17, 15) is 0 Å². The van der Waals surface area contributed by atoms with Crippen LogP contribution in [0.4, 0.5) is 0 Å². The monoisotopic (exact) mass is 156 g/mol. The molecule has 0 atom stereocenters. The molecule has 0 nitrogen and oxygen atoms in total. The molecule has 3 aliphatic carbocycles. The first-order valence-corrected chi connectivity index (χ1v) is 4.70. The van der Waals surface area contributed by atoms with E-state index in [1.54, 1.807) is 11.1 Å². The van der Waals surface area contributed by atoms with Gasteiger partial charge in [-0.15, -0.1) is 0 Å². The first-order chi connectivity index (χ1) is 5.95. The lowest BCUT2D eigenvalue weighted by atomic mass is 9.79. The Hall–Kier alpha value is -1.04. The Morgan fingerprint density at radius 2 is 1.50 bits per heavy atom. The summed E-state index contributed by atoms with van der Waals surface area (Å²) in [5, 5.41) is 0. The van der Waals surface area contributed by atoms with E-state index in [2.05, 4.69) is 36.5 Å². The Morgan fingerprint density at radius 3 is 2.08 bits per heavy atom. The average Bonchev–Trinajstić information content (AvgIpc) is 2.52. The average molecular weight is 156 g/mol. The third kappa shape index (κ3) is 0.726. The first kappa shape index (κ1) is 6.47. The molecule has 0 spiro atoms. The lowest BCUT2D eigenvalue weighted by Gasteiger charge is -2.25. The van der Waals surface area contributed by atoms with Crippen molar-refractivity contribution in [3.8, 4) is 0 Å². The van der Waals surface area contributed by atoms with Gasteiger partial charge in [-0.3, -0.25) is 0 Å². The van der Waals surface area contributed by atoms with Crippen molar-refractivity contribution < 1.29 is 0 Å². The van der Waals surface area contributed by atoms with Crippen LogP contribution >= 0.6 is 0 Å². The van der Waals surface area contributed by atoms with Crippen molar-refractivity contribution in [3.05, 3.63) is 47.6 Å². The summed E-state index contributed by atoms with van der Waals surface area (Å²) in [7, 11) is 0. The van der Waals surface area contributed by atoms with Crippen LogP contribution in [-0.4, -0.2) is 0 Å². The van der Waals surface area contributed by atoms with Crippen LogP contribution in [0, 0.1) is 11.8 Å². The molecule has 3 rings (SSSR count). The van der Waals surface area contributed by atoms with Gasteiger partial charge in [0.1, 0.15) is 0 Å². The zero-order chi connectivity index (χ0) is 7.97. The van der Waals surface area contributed by atoms with E-state index in [0.29, 0.717) is 5.92 Å². The third-order valence-electron chi connectivity index (χ3n) is 3.17. The van der Waals surface area contributed by atoms with Gasteiger partial charge in [0, 0.05) is 11.8 Å². The molecule has 0 aromatic carbocycles. The molecule has 60 valence electrons. The van der Waals surface area contributed by atoms with Crippen molar-refractivity contribution in [2.75, 3.05) is 0 Å². The van der Waals surface area contributed by atoms with E-state index in [4.69, 9.17) is 0 Å². The number of allylic oxidation sites excluding steroid dienone is 8. The maximum Gasteiger partial charge on any atom is 0.0111 e. The third-order valence-corrected chi connectivity index (χ3v) is 3.17. The van der Waals surface area contributed by atoms with Gasteiger partial charge in [-0.1, -0.05) is 47.6 Å². The highest BCUT2D eigenvalue weighted by Crippen LogP contribution is 2.45. The molecular weight excluding hydrogens is 144 g/mol. The van der Waals surface area contributed by atoms with E-state index in [0.717, 1.165) is 5.92 Å². The molecule has 0 saturated heterocycles. The van der Waals surface area contributed by atoms with Crippen LogP contribution in [-0.2, 0) is 0 Å². The van der Waals surface area contributed by atoms with Gasteiger partial charge >= 0.3 is 0 Å². The fourth-order valence-corrected chi connectivity index (χ4v) is 2.61. The summed E-state index contributed by atoms with van der Waals surface area (Å²) >= 11 is 0. The molecule has 0 N–H and O–H groups in total. The van der Waals surface area contributed by atoms with E-state index in [-0.39, 0.29) is 0 Å². The van der Waals surface area contributed by atoms with E-state index in [1.165, 1.54) is 12.8 Å². The van der Waals surface area contributed by atoms with Gasteiger partial charge in [-0.05, 0) is 12.8 Å². The van der Waals surface area contributed by atoms with Gasteiger partial charge in [-0.2, -0.15) is 0 Å². The molecule has 0 amide bonds. The molecule has 0 bridgehead atoms. The van der Waals surface area contributed by atoms with Crippen LogP contribution in [0.2, 0.25) is 0 Å². The predicted molar refractivity (Wildman–Crippen MR) is 50.7 cm³/mol. The normalized spacial score (nSPS) is 36.0. The Bertz CT molecular complexity index is 294. The van der Waals surface area contributed by atoms with E-state index < -0.39 is 0 Å². The summed E-state index contributed by atoms with van der Waals surface area (Å²) in [4.78, 5) is 0. The molecule has 0 aliphatic heterocycles. The van der Waals surface area contributed by atoms with Crippen LogP contribution in [0.1, 0.15) is 12.8 Å². The van der Waals surface area contributed by atoms with Gasteiger partial charge in [-0.25, -0.2) is 0 Å². The molecule has 0 heterocycles. The van der Waals surface area contributed by atoms with Gasteiger partial charge in [0.2, 0.25) is 0 Å². The van der Waals surface area contributed by atoms with Crippen LogP contribution < -0.4 is 0 Å². The van der Waals surface area contributed by atoms with Gasteiger partial charge in [0.25, 0.3) is 0 Å². The standard InChI is InChI=1S/C12H12/c1-3-9-4-2-6-11-8-7-10(5-1)12(9)11/h1-6,9,12H,7-8H2. The second-order valence-corrected chi connectivity index (χ2v) is 3.81. The summed E-state index contributed by atoms with van der Waals surface area (Å²) in [6.45, 7) is 0. The topological polar surface area (TPSA) is 0 Å². The van der Waals surface area contributed by atoms with Crippen molar-refractivity contribution in [2.24, 2.45) is 11.8 Å². The predicted octanol–water partition coefficient (Wildman–Crippen LogP) is 3.01. The van der Waals surface area contributed by atoms with Crippen LogP contribution in [0.5, 0.6) is 0 Å². The Balaban J connectivity index is 2.13. The largest absolute Gasteiger partial charge is 0.0767 e. The molecule has 0 aromatic heterocycles. The van der Waals surface area contributed by atoms with Gasteiger partial charge in [0.05, 0.1) is 0 Å². The van der Waals surface area contributed by atoms with E-state index >= 15 is 0 Å². The molecule has 1 fully saturated rings. The smallest absolute Gasteiger partial charge is 0.0111 e. The van der Waals surface area contributed by atoms with Crippen molar-refractivity contribution in [1.29, 1.82) is 0 Å². The number of hydrogen-bond donors (Lipinski definition) is 0. The fourth-order valence-electron chi connectivity index (χ4n) is 2.61. The lowest BCUT2D eigenvalue weighted by Crippen LogP contribution is -2.14. The molecule has 12 heavy (non-hydrogen) atoms. The molecule has 0 heteroatoms. The van der Waals surface area contributed by atoms with Crippen molar-refractivity contribution in [1.82, 2.24) is 0 Å². The Morgan fingerprint density at radius 1 is 0.917 bits per heavy atom. The highest BCUT2D eigenvalue weighted by atomic mass is 14.4. The number of hydrogen-bond acceptors (Lipinski definition) is 0. The van der Waals surface area contributed by atoms with Gasteiger partial charge < -0.3 is 0 Å². The zero-order valence-electron chi connectivity index (χ0n) is 7.03. The zero-order valence-corrected chi connectivity index (χ0v) is 7.03. The highest BCUT2D eigenvalue weighted by Gasteiger charge is 2.32. The minimum Gasteiger partial charge on any atom is -0.0767 e. The van der Waals surface area contributed by atoms with Gasteiger partial charge in [0.15, 0.2) is 0 Å². The minimum atomic E-state index is 0.674. The van der Waals surface area contributed by atoms with Crippen molar-refractivity contribution in [3.63, 3.8) is 0 Å². The minimum absolute atomic E-state index is 0.674. The van der Waals surface area contributed by atoms with Crippen molar-refractivity contribution in [2.45, 2.75) is 12.8 Å². The molecule has 1 saturated carbocycles. The highest BCUT2D eigenvalue weighted by molar-refractivity contribution is 5.42. The summed E-state index contributed by atoms with van der Waals surface area (Å²) in [6.07, 6.45) is 16.3. The second-order valence-electron chi connectivity index (χ2n) is 3.81. The summed E-state index contributed by atoms with van der Waals surface area (Å²) in [5.41, 5.74) is 3.30. The first-order valence-electron chi connectivity index (χ1n) is 4.70. The Kier molecular flexibility index (Phi) is 1.20. The SMILES string of the molecule is C1=CC2C=CC=C3CCC(=C1)C32. The second kappa shape index (κ2) is 2.22. The summed E-state index contributed by atoms with van der Waals surface area (Å²) < 4.78 is 0. The van der Waals surface area contributed by atoms with Crippen LogP contribution in [0.25, 0.3) is 0 Å². The fraction of sp³-hybridized carbons (Fsp3) is 0.333. The number of rotatable bonds is 0. The molecule has 0 unspecified atom stereocenters. The molecule has 3 aliphatic rings. The lowest BCUT2D eigenvalue weighted by molar-refractivity contribution is 0.616. The van der Waals surface area contributed by atoms with Crippen LogP contribution in [0.3, 0.4) is 0 Å². The maximum atomic E-state index is 2.32. The summed E-state index contributed by atoms with van der Waals surface area (Å²) in [5.74, 6) is 1.42. The quantitative estimate of drug-likeness (QED) is 0.505. The van der Waals surface area contributed by atoms with Crippen LogP contribution in [0.15, 0.2) is 47.6 Å². The van der Waals surface area contributed by atoms with E-state index in [1.807, 2.05) is 0 Å². The summed E-state index contributed by atoms with van der Waals surface area (Å²) in [6, 6.07) is 0. The maximum absolute atomic E-state index is 2.32.